The second-order valence-electron chi connectivity index (χ2n) is 11.5. The van der Waals surface area contributed by atoms with Gasteiger partial charge in [0.05, 0.1) is 36.6 Å². The minimum atomic E-state index is -0.774. The fraction of sp³-hybridized carbons (Fsp3) is 1.00. The molecule has 3 aliphatic heterocycles. The van der Waals surface area contributed by atoms with Crippen molar-refractivity contribution in [3.05, 3.63) is 0 Å². The SMILES string of the molecule is CCC1O[C@H](O[C@@H]2C(CC)O[C@H](O[C@H]3C(CC)O[C@@H](C)C(C)[C@H]3C)C(O)C2C)C(C)C(C)[C@@H]1C.[Ac]. The number of rotatable bonds is 7. The molecule has 8 unspecified atom stereocenters. The van der Waals surface area contributed by atoms with Gasteiger partial charge >= 0.3 is 0 Å². The Bertz CT molecular complexity index is 631. The molecular formula is C28H52AcO6. The summed E-state index contributed by atoms with van der Waals surface area (Å²) in [5, 5.41) is 11.3. The number of ether oxygens (including phenoxy) is 5. The van der Waals surface area contributed by atoms with Gasteiger partial charge in [-0.2, -0.15) is 0 Å². The van der Waals surface area contributed by atoms with E-state index in [9.17, 15) is 5.11 Å². The molecule has 35 heavy (non-hydrogen) atoms. The first kappa shape index (κ1) is 32.4. The van der Waals surface area contributed by atoms with E-state index in [4.69, 9.17) is 23.7 Å². The molecule has 15 atom stereocenters. The van der Waals surface area contributed by atoms with Crippen LogP contribution in [-0.4, -0.2) is 60.4 Å². The van der Waals surface area contributed by atoms with E-state index in [0.717, 1.165) is 19.3 Å². The Labute approximate surface area is 250 Å². The van der Waals surface area contributed by atoms with Crippen LogP contribution in [0.15, 0.2) is 0 Å². The fourth-order valence-corrected chi connectivity index (χ4v) is 6.27. The van der Waals surface area contributed by atoms with Crippen LogP contribution in [0, 0.1) is 79.6 Å². The zero-order chi connectivity index (χ0) is 25.3. The fourth-order valence-electron chi connectivity index (χ4n) is 6.27. The first-order valence-electron chi connectivity index (χ1n) is 14.0. The summed E-state index contributed by atoms with van der Waals surface area (Å²) < 4.78 is 32.2. The molecule has 0 saturated carbocycles. The van der Waals surface area contributed by atoms with Gasteiger partial charge in [-0.3, -0.25) is 0 Å². The van der Waals surface area contributed by atoms with E-state index in [1.54, 1.807) is 0 Å². The van der Waals surface area contributed by atoms with E-state index in [-0.39, 0.29) is 98.8 Å². The summed E-state index contributed by atoms with van der Waals surface area (Å²) in [5.41, 5.74) is 0. The average Bonchev–Trinajstić information content (AvgIpc) is 2.83. The Hall–Kier alpha value is 1.20. The molecule has 203 valence electrons. The third kappa shape index (κ3) is 6.86. The monoisotopic (exact) mass is 711 g/mol. The predicted octanol–water partition coefficient (Wildman–Crippen LogP) is 5.40. The normalized spacial score (nSPS) is 51.0. The first-order valence-corrected chi connectivity index (χ1v) is 14.0. The summed E-state index contributed by atoms with van der Waals surface area (Å²) in [4.78, 5) is 0. The summed E-state index contributed by atoms with van der Waals surface area (Å²) in [5.74, 6) is 1.85. The first-order chi connectivity index (χ1) is 16.0. The molecule has 0 aromatic heterocycles. The molecule has 3 rings (SSSR count). The Morgan fingerprint density at radius 3 is 1.60 bits per heavy atom. The van der Waals surface area contributed by atoms with Crippen LogP contribution in [0.2, 0.25) is 0 Å². The second-order valence-corrected chi connectivity index (χ2v) is 11.5. The largest absolute Gasteiger partial charge is 0.387 e. The Kier molecular flexibility index (Phi) is 13.0. The third-order valence-corrected chi connectivity index (χ3v) is 9.63. The molecule has 6 nitrogen and oxygen atoms in total. The van der Waals surface area contributed by atoms with Gasteiger partial charge in [-0.15, -0.1) is 0 Å². The smallest absolute Gasteiger partial charge is 0.184 e. The topological polar surface area (TPSA) is 66.4 Å². The molecule has 0 spiro atoms. The van der Waals surface area contributed by atoms with E-state index in [2.05, 4.69) is 69.2 Å². The zero-order valence-electron chi connectivity index (χ0n) is 23.8. The summed E-state index contributed by atoms with van der Waals surface area (Å²) in [6.07, 6.45) is 0.781. The van der Waals surface area contributed by atoms with Crippen LogP contribution in [-0.2, 0) is 23.7 Å². The van der Waals surface area contributed by atoms with Gasteiger partial charge < -0.3 is 28.8 Å². The van der Waals surface area contributed by atoms with Crippen molar-refractivity contribution in [1.29, 1.82) is 0 Å². The van der Waals surface area contributed by atoms with Gasteiger partial charge in [0.1, 0.15) is 6.10 Å². The van der Waals surface area contributed by atoms with Crippen molar-refractivity contribution < 1.29 is 72.9 Å². The molecule has 0 bridgehead atoms. The Morgan fingerprint density at radius 1 is 0.543 bits per heavy atom. The van der Waals surface area contributed by atoms with Crippen molar-refractivity contribution in [2.75, 3.05) is 0 Å². The summed E-state index contributed by atoms with van der Waals surface area (Å²) >= 11 is 0. The van der Waals surface area contributed by atoms with Gasteiger partial charge in [-0.25, -0.2) is 0 Å². The van der Waals surface area contributed by atoms with Crippen LogP contribution >= 0.6 is 0 Å². The average molecular weight is 712 g/mol. The van der Waals surface area contributed by atoms with Crippen molar-refractivity contribution in [3.63, 3.8) is 0 Å². The van der Waals surface area contributed by atoms with Crippen LogP contribution in [0.1, 0.15) is 88.5 Å². The predicted molar refractivity (Wildman–Crippen MR) is 133 cm³/mol. The maximum Gasteiger partial charge on any atom is 0.184 e. The molecular weight excluding hydrogens is 659 g/mol. The molecule has 0 amide bonds. The number of aliphatic hydroxyl groups excluding tert-OH is 1. The maximum absolute atomic E-state index is 11.3. The molecule has 1 N–H and O–H groups in total. The van der Waals surface area contributed by atoms with Gasteiger partial charge in [0.2, 0.25) is 0 Å². The molecule has 1 radical (unpaired) electrons. The van der Waals surface area contributed by atoms with Crippen LogP contribution in [0.4, 0.5) is 0 Å². The minimum absolute atomic E-state index is 0. The van der Waals surface area contributed by atoms with Crippen LogP contribution < -0.4 is 0 Å². The summed E-state index contributed by atoms with van der Waals surface area (Å²) in [6.45, 7) is 21.8. The van der Waals surface area contributed by atoms with E-state index in [1.807, 2.05) is 0 Å². The molecule has 3 saturated heterocycles. The van der Waals surface area contributed by atoms with E-state index >= 15 is 0 Å². The maximum atomic E-state index is 11.3. The molecule has 0 aromatic rings. The van der Waals surface area contributed by atoms with Gasteiger partial charge in [-0.1, -0.05) is 62.3 Å². The van der Waals surface area contributed by atoms with Gasteiger partial charge in [0.15, 0.2) is 12.6 Å². The van der Waals surface area contributed by atoms with Crippen molar-refractivity contribution in [2.45, 2.75) is 144 Å². The quantitative estimate of drug-likeness (QED) is 0.382. The standard InChI is InChI=1S/C28H52O6.Ac/c1-11-21-16(6)14(4)18(8)27(31-21)33-26-19(9)24(29)28(32-23(26)13-3)34-25-17(7)15(5)20(10)30-22(25)12-2;/h14-29H,11-13H2,1-10H3;/t14?,15?,16-,17+,18?,19?,20-,21?,22?,23?,24?,25+,26-,27+,28+;/m0./s1. The van der Waals surface area contributed by atoms with Gasteiger partial charge in [-0.05, 0) is 49.9 Å². The molecule has 3 fully saturated rings. The van der Waals surface area contributed by atoms with Crippen molar-refractivity contribution in [3.8, 4) is 0 Å². The second kappa shape index (κ2) is 14.0. The van der Waals surface area contributed by atoms with E-state index < -0.39 is 12.4 Å². The third-order valence-electron chi connectivity index (χ3n) is 9.63. The van der Waals surface area contributed by atoms with Gasteiger partial charge in [0, 0.05) is 55.9 Å². The van der Waals surface area contributed by atoms with Crippen molar-refractivity contribution in [1.82, 2.24) is 0 Å². The van der Waals surface area contributed by atoms with Crippen LogP contribution in [0.5, 0.6) is 0 Å². The number of aliphatic hydroxyl groups is 1. The number of hydrogen-bond donors (Lipinski definition) is 1. The molecule has 0 aromatic carbocycles. The molecule has 3 heterocycles. The van der Waals surface area contributed by atoms with Crippen LogP contribution in [0.3, 0.4) is 0 Å². The Balaban J connectivity index is 0.00000432. The number of hydrogen-bond acceptors (Lipinski definition) is 6. The molecule has 0 aliphatic carbocycles. The molecule has 7 heteroatoms. The summed E-state index contributed by atoms with van der Waals surface area (Å²) in [7, 11) is 0. The minimum Gasteiger partial charge on any atom is -0.387 e. The van der Waals surface area contributed by atoms with Gasteiger partial charge in [0.25, 0.3) is 0 Å². The molecule has 3 aliphatic rings. The zero-order valence-corrected chi connectivity index (χ0v) is 28.6. The van der Waals surface area contributed by atoms with Crippen molar-refractivity contribution >= 4 is 0 Å². The van der Waals surface area contributed by atoms with Crippen LogP contribution in [0.25, 0.3) is 0 Å². The van der Waals surface area contributed by atoms with E-state index in [0.29, 0.717) is 23.7 Å². The Morgan fingerprint density at radius 2 is 1.03 bits per heavy atom. The van der Waals surface area contributed by atoms with Crippen molar-refractivity contribution in [2.24, 2.45) is 35.5 Å². The summed E-state index contributed by atoms with van der Waals surface area (Å²) in [6, 6.07) is 0. The van der Waals surface area contributed by atoms with E-state index in [1.165, 1.54) is 0 Å².